The largest absolute Gasteiger partial charge is 0.494 e. The molecule has 1 aliphatic rings. The minimum Gasteiger partial charge on any atom is -0.494 e. The first kappa shape index (κ1) is 15.8. The van der Waals surface area contributed by atoms with Gasteiger partial charge in [-0.1, -0.05) is 12.1 Å². The molecule has 0 radical (unpaired) electrons. The summed E-state index contributed by atoms with van der Waals surface area (Å²) >= 11 is 0. The van der Waals surface area contributed by atoms with E-state index in [1.54, 1.807) is 6.33 Å². The molecular weight excluding hydrogens is 316 g/mol. The van der Waals surface area contributed by atoms with Crippen LogP contribution in [0.3, 0.4) is 0 Å². The lowest BCUT2D eigenvalue weighted by Gasteiger charge is -2.28. The first-order chi connectivity index (χ1) is 12.3. The number of aromatic nitrogens is 4. The summed E-state index contributed by atoms with van der Waals surface area (Å²) in [7, 11) is 0. The van der Waals surface area contributed by atoms with Crippen molar-refractivity contribution in [3.63, 3.8) is 0 Å². The van der Waals surface area contributed by atoms with Crippen LogP contribution < -0.4 is 15.0 Å². The average Bonchev–Trinajstić information content (AvgIpc) is 3.06. The molecule has 1 fully saturated rings. The number of nitrogens with one attached hydrogen (secondary N) is 1. The second kappa shape index (κ2) is 7.06. The summed E-state index contributed by atoms with van der Waals surface area (Å²) in [5, 5.41) is 8.93. The molecule has 130 valence electrons. The first-order valence-electron chi connectivity index (χ1n) is 8.69. The third kappa shape index (κ3) is 3.28. The predicted molar refractivity (Wildman–Crippen MR) is 97.1 cm³/mol. The maximum atomic E-state index is 5.58. The highest BCUT2D eigenvalue weighted by Crippen LogP contribution is 2.24. The van der Waals surface area contributed by atoms with Crippen LogP contribution in [-0.4, -0.2) is 52.5 Å². The lowest BCUT2D eigenvalue weighted by molar-refractivity contribution is 0.340. The summed E-state index contributed by atoms with van der Waals surface area (Å²) in [6.45, 7) is 7.16. The van der Waals surface area contributed by atoms with Crippen LogP contribution in [0.15, 0.2) is 36.8 Å². The molecule has 0 bridgehead atoms. The zero-order valence-corrected chi connectivity index (χ0v) is 14.4. The van der Waals surface area contributed by atoms with Gasteiger partial charge in [0.25, 0.3) is 0 Å². The highest BCUT2D eigenvalue weighted by atomic mass is 16.5. The van der Waals surface area contributed by atoms with Gasteiger partial charge in [0.2, 0.25) is 0 Å². The van der Waals surface area contributed by atoms with Crippen LogP contribution in [-0.2, 0) is 6.54 Å². The molecule has 1 saturated heterocycles. The summed E-state index contributed by atoms with van der Waals surface area (Å²) in [5.74, 6) is 1.86. The van der Waals surface area contributed by atoms with Gasteiger partial charge in [0.1, 0.15) is 17.9 Å². The van der Waals surface area contributed by atoms with E-state index < -0.39 is 0 Å². The van der Waals surface area contributed by atoms with Crippen molar-refractivity contribution in [1.29, 1.82) is 0 Å². The van der Waals surface area contributed by atoms with Crippen molar-refractivity contribution < 1.29 is 4.74 Å². The van der Waals surface area contributed by atoms with Crippen LogP contribution in [0.1, 0.15) is 12.5 Å². The monoisotopic (exact) mass is 338 g/mol. The molecule has 7 nitrogen and oxygen atoms in total. The normalized spacial score (nSPS) is 14.8. The molecule has 1 aromatic carbocycles. The highest BCUT2D eigenvalue weighted by molar-refractivity contribution is 5.86. The molecule has 1 N–H and O–H groups in total. The van der Waals surface area contributed by atoms with Gasteiger partial charge >= 0.3 is 0 Å². The Balaban J connectivity index is 1.64. The molecule has 1 aliphatic heterocycles. The Hall–Kier alpha value is -2.67. The minimum atomic E-state index is 0.655. The average molecular weight is 338 g/mol. The lowest BCUT2D eigenvalue weighted by Crippen LogP contribution is -2.44. The molecule has 0 saturated carbocycles. The van der Waals surface area contributed by atoms with E-state index in [1.807, 2.05) is 29.9 Å². The molecule has 3 aromatic rings. The number of nitrogens with zero attached hydrogens (tertiary/aromatic N) is 5. The van der Waals surface area contributed by atoms with Crippen LogP contribution >= 0.6 is 0 Å². The van der Waals surface area contributed by atoms with Crippen LogP contribution in [0.5, 0.6) is 5.75 Å². The summed E-state index contributed by atoms with van der Waals surface area (Å²) in [4.78, 5) is 11.3. The molecule has 25 heavy (non-hydrogen) atoms. The number of hydrogen-bond donors (Lipinski definition) is 1. The van der Waals surface area contributed by atoms with E-state index in [4.69, 9.17) is 4.74 Å². The van der Waals surface area contributed by atoms with Gasteiger partial charge in [-0.05, 0) is 24.6 Å². The quantitative estimate of drug-likeness (QED) is 0.763. The van der Waals surface area contributed by atoms with E-state index in [0.29, 0.717) is 13.2 Å². The van der Waals surface area contributed by atoms with Crippen molar-refractivity contribution in [2.24, 2.45) is 0 Å². The van der Waals surface area contributed by atoms with Gasteiger partial charge in [0, 0.05) is 26.2 Å². The number of hydrogen-bond acceptors (Lipinski definition) is 6. The van der Waals surface area contributed by atoms with Crippen molar-refractivity contribution in [2.45, 2.75) is 13.5 Å². The third-order valence-corrected chi connectivity index (χ3v) is 4.37. The Morgan fingerprint density at radius 3 is 2.92 bits per heavy atom. The molecular formula is C18H22N6O. The van der Waals surface area contributed by atoms with E-state index in [-0.39, 0.29) is 0 Å². The molecule has 0 spiro atoms. The number of rotatable bonds is 5. The van der Waals surface area contributed by atoms with Gasteiger partial charge in [-0.15, -0.1) is 0 Å². The maximum absolute atomic E-state index is 5.58. The van der Waals surface area contributed by atoms with Gasteiger partial charge in [-0.3, -0.25) is 0 Å². The Kier molecular flexibility index (Phi) is 4.47. The Morgan fingerprint density at radius 2 is 2.08 bits per heavy atom. The lowest BCUT2D eigenvalue weighted by atomic mass is 10.2. The van der Waals surface area contributed by atoms with E-state index in [2.05, 4.69) is 37.4 Å². The minimum absolute atomic E-state index is 0.655. The van der Waals surface area contributed by atoms with E-state index >= 15 is 0 Å². The first-order valence-corrected chi connectivity index (χ1v) is 8.69. The molecule has 0 aliphatic carbocycles. The zero-order valence-electron chi connectivity index (χ0n) is 14.4. The van der Waals surface area contributed by atoms with Crippen molar-refractivity contribution in [2.75, 3.05) is 37.7 Å². The van der Waals surface area contributed by atoms with Crippen molar-refractivity contribution in [3.8, 4) is 5.75 Å². The van der Waals surface area contributed by atoms with Crippen molar-refractivity contribution in [3.05, 3.63) is 42.4 Å². The number of benzene rings is 1. The Morgan fingerprint density at radius 1 is 1.20 bits per heavy atom. The molecule has 4 rings (SSSR count). The molecule has 3 heterocycles. The molecule has 7 heteroatoms. The molecule has 0 atom stereocenters. The van der Waals surface area contributed by atoms with Gasteiger partial charge in [-0.2, -0.15) is 5.10 Å². The fraction of sp³-hybridized carbons (Fsp3) is 0.389. The number of fused-ring (bicyclic) bond motifs is 1. The van der Waals surface area contributed by atoms with Gasteiger partial charge < -0.3 is 15.0 Å². The van der Waals surface area contributed by atoms with Crippen molar-refractivity contribution in [1.82, 2.24) is 25.1 Å². The van der Waals surface area contributed by atoms with Crippen LogP contribution in [0.2, 0.25) is 0 Å². The van der Waals surface area contributed by atoms with Gasteiger partial charge in [0.05, 0.1) is 24.7 Å². The van der Waals surface area contributed by atoms with E-state index in [0.717, 1.165) is 54.3 Å². The third-order valence-electron chi connectivity index (χ3n) is 4.37. The summed E-state index contributed by atoms with van der Waals surface area (Å²) in [5.41, 5.74) is 2.00. The second-order valence-electron chi connectivity index (χ2n) is 6.05. The fourth-order valence-corrected chi connectivity index (χ4v) is 3.20. The Labute approximate surface area is 146 Å². The topological polar surface area (TPSA) is 68.1 Å². The Bertz CT molecular complexity index is 856. The maximum Gasteiger partial charge on any atom is 0.163 e. The van der Waals surface area contributed by atoms with E-state index in [1.165, 1.54) is 0 Å². The SMILES string of the molecule is CCOc1cccc(Cn2ncc3c(N4CCNCC4)ncnc32)c1. The van der Waals surface area contributed by atoms with Crippen LogP contribution in [0.25, 0.3) is 11.0 Å². The van der Waals surface area contributed by atoms with Crippen LogP contribution in [0, 0.1) is 0 Å². The summed E-state index contributed by atoms with van der Waals surface area (Å²) in [6.07, 6.45) is 3.51. The van der Waals surface area contributed by atoms with Crippen LogP contribution in [0.4, 0.5) is 5.82 Å². The van der Waals surface area contributed by atoms with Crippen molar-refractivity contribution >= 4 is 16.9 Å². The smallest absolute Gasteiger partial charge is 0.163 e. The standard InChI is InChI=1S/C18H22N6O/c1-2-25-15-5-3-4-14(10-15)12-24-18-16(11-22-24)17(20-13-21-18)23-8-6-19-7-9-23/h3-5,10-11,13,19H,2,6-9,12H2,1H3. The number of piperazine rings is 1. The number of anilines is 1. The highest BCUT2D eigenvalue weighted by Gasteiger charge is 2.17. The molecule has 2 aromatic heterocycles. The van der Waals surface area contributed by atoms with Gasteiger partial charge in [0.15, 0.2) is 5.65 Å². The fourth-order valence-electron chi connectivity index (χ4n) is 3.20. The molecule has 0 unspecified atom stereocenters. The second-order valence-corrected chi connectivity index (χ2v) is 6.05. The number of ether oxygens (including phenoxy) is 1. The zero-order chi connectivity index (χ0) is 17.1. The van der Waals surface area contributed by atoms with Gasteiger partial charge in [-0.25, -0.2) is 14.6 Å². The predicted octanol–water partition coefficient (Wildman–Crippen LogP) is 1.68. The summed E-state index contributed by atoms with van der Waals surface area (Å²) < 4.78 is 7.51. The molecule has 0 amide bonds. The summed E-state index contributed by atoms with van der Waals surface area (Å²) in [6, 6.07) is 8.11. The van der Waals surface area contributed by atoms with E-state index in [9.17, 15) is 0 Å².